The molecule has 0 spiro atoms. The molecule has 0 atom stereocenters. The highest BCUT2D eigenvalue weighted by atomic mass is 15.3. The van der Waals surface area contributed by atoms with E-state index in [9.17, 15) is 0 Å². The van der Waals surface area contributed by atoms with Gasteiger partial charge in [-0.1, -0.05) is 13.8 Å². The molecule has 3 heteroatoms. The van der Waals surface area contributed by atoms with E-state index in [1.807, 2.05) is 18.1 Å². The third kappa shape index (κ3) is 3.27. The monoisotopic (exact) mass is 181 g/mol. The van der Waals surface area contributed by atoms with Gasteiger partial charge in [0.25, 0.3) is 0 Å². The highest BCUT2D eigenvalue weighted by Gasteiger charge is 2.10. The predicted molar refractivity (Wildman–Crippen MR) is 54.6 cm³/mol. The molecule has 0 saturated carbocycles. The summed E-state index contributed by atoms with van der Waals surface area (Å²) in [5.74, 6) is 0. The molecule has 3 nitrogen and oxygen atoms in total. The van der Waals surface area contributed by atoms with E-state index >= 15 is 0 Å². The van der Waals surface area contributed by atoms with Gasteiger partial charge in [-0.2, -0.15) is 0 Å². The van der Waals surface area contributed by atoms with Crippen molar-refractivity contribution in [2.24, 2.45) is 0 Å². The first-order chi connectivity index (χ1) is 6.26. The van der Waals surface area contributed by atoms with Gasteiger partial charge in [0.1, 0.15) is 0 Å². The number of nitrogens with zero attached hydrogens (tertiary/aromatic N) is 3. The van der Waals surface area contributed by atoms with Crippen molar-refractivity contribution in [2.45, 2.75) is 13.8 Å². The van der Waals surface area contributed by atoms with E-state index < -0.39 is 0 Å². The number of rotatable bonds is 5. The Labute approximate surface area is 81.6 Å². The SMILES string of the molecule is CCN(CC)CCN1[C]N(C)C=C1. The second kappa shape index (κ2) is 5.12. The summed E-state index contributed by atoms with van der Waals surface area (Å²) in [5, 5.41) is 0. The molecular formula is C10H19N3. The molecule has 1 heterocycles. The molecule has 0 unspecified atom stereocenters. The lowest BCUT2D eigenvalue weighted by Crippen LogP contribution is -2.31. The first-order valence-corrected chi connectivity index (χ1v) is 4.92. The summed E-state index contributed by atoms with van der Waals surface area (Å²) in [6, 6.07) is 0. The molecule has 74 valence electrons. The van der Waals surface area contributed by atoms with Crippen molar-refractivity contribution in [1.29, 1.82) is 0 Å². The quantitative estimate of drug-likeness (QED) is 0.627. The van der Waals surface area contributed by atoms with Crippen molar-refractivity contribution in [2.75, 3.05) is 33.2 Å². The third-order valence-corrected chi connectivity index (χ3v) is 2.31. The molecule has 1 aliphatic rings. The number of hydrogen-bond acceptors (Lipinski definition) is 3. The van der Waals surface area contributed by atoms with Gasteiger partial charge < -0.3 is 14.7 Å². The van der Waals surface area contributed by atoms with E-state index in [0.717, 1.165) is 26.2 Å². The van der Waals surface area contributed by atoms with Crippen LogP contribution in [0.3, 0.4) is 0 Å². The van der Waals surface area contributed by atoms with Crippen LogP contribution in [0.15, 0.2) is 12.4 Å². The van der Waals surface area contributed by atoms with Crippen LogP contribution < -0.4 is 0 Å². The maximum absolute atomic E-state index is 3.19. The molecule has 0 aliphatic carbocycles. The molecule has 0 aromatic heterocycles. The summed E-state index contributed by atoms with van der Waals surface area (Å²) in [7, 11) is 1.99. The second-order valence-electron chi connectivity index (χ2n) is 3.23. The zero-order valence-electron chi connectivity index (χ0n) is 8.82. The summed E-state index contributed by atoms with van der Waals surface area (Å²) in [4.78, 5) is 6.45. The van der Waals surface area contributed by atoms with Gasteiger partial charge >= 0.3 is 0 Å². The molecule has 2 radical (unpaired) electrons. The van der Waals surface area contributed by atoms with Crippen LogP contribution in [0, 0.1) is 6.67 Å². The first-order valence-electron chi connectivity index (χ1n) is 4.92. The summed E-state index contributed by atoms with van der Waals surface area (Å²) in [6.45, 7) is 12.0. The van der Waals surface area contributed by atoms with E-state index in [4.69, 9.17) is 0 Å². The number of likely N-dealkylation sites (N-methyl/N-ethyl adjacent to an activating group) is 1. The van der Waals surface area contributed by atoms with Crippen molar-refractivity contribution in [3.05, 3.63) is 19.1 Å². The van der Waals surface area contributed by atoms with Crippen molar-refractivity contribution in [3.8, 4) is 0 Å². The first kappa shape index (κ1) is 10.4. The maximum Gasteiger partial charge on any atom is 0.207 e. The van der Waals surface area contributed by atoms with Crippen LogP contribution in [-0.2, 0) is 0 Å². The molecule has 0 aromatic rings. The van der Waals surface area contributed by atoms with Crippen LogP contribution in [0.4, 0.5) is 0 Å². The normalized spacial score (nSPS) is 16.3. The van der Waals surface area contributed by atoms with Gasteiger partial charge in [0.2, 0.25) is 6.67 Å². The maximum atomic E-state index is 3.19. The molecule has 0 aromatic carbocycles. The minimum atomic E-state index is 1.03. The predicted octanol–water partition coefficient (Wildman–Crippen LogP) is 1.04. The summed E-state index contributed by atoms with van der Waals surface area (Å²) in [5.41, 5.74) is 0. The van der Waals surface area contributed by atoms with Crippen molar-refractivity contribution < 1.29 is 0 Å². The standard InChI is InChI=1S/C10H19N3/c1-4-12(5-2)8-9-13-7-6-11(3)10-13/h6-7H,4-5,8-9H2,1-3H3. The van der Waals surface area contributed by atoms with Crippen molar-refractivity contribution >= 4 is 0 Å². The van der Waals surface area contributed by atoms with Crippen LogP contribution in [0.1, 0.15) is 13.8 Å². The third-order valence-electron chi connectivity index (χ3n) is 2.31. The highest BCUT2D eigenvalue weighted by molar-refractivity contribution is 4.95. The Balaban J connectivity index is 2.15. The van der Waals surface area contributed by atoms with E-state index in [2.05, 4.69) is 36.5 Å². The minimum absolute atomic E-state index is 1.03. The average molecular weight is 181 g/mol. The molecule has 0 N–H and O–H groups in total. The summed E-state index contributed by atoms with van der Waals surface area (Å²) in [6.07, 6.45) is 4.08. The van der Waals surface area contributed by atoms with Gasteiger partial charge in [-0.15, -0.1) is 0 Å². The lowest BCUT2D eigenvalue weighted by atomic mass is 10.4. The zero-order valence-corrected chi connectivity index (χ0v) is 8.82. The molecular weight excluding hydrogens is 162 g/mol. The molecule has 0 saturated heterocycles. The smallest absolute Gasteiger partial charge is 0.207 e. The van der Waals surface area contributed by atoms with Crippen LogP contribution >= 0.6 is 0 Å². The average Bonchev–Trinajstić information content (AvgIpc) is 2.53. The molecule has 0 fully saturated rings. The fourth-order valence-corrected chi connectivity index (χ4v) is 1.36. The molecule has 0 bridgehead atoms. The Bertz CT molecular complexity index is 164. The Kier molecular flexibility index (Phi) is 4.09. The van der Waals surface area contributed by atoms with Crippen molar-refractivity contribution in [1.82, 2.24) is 14.7 Å². The van der Waals surface area contributed by atoms with Gasteiger partial charge in [-0.3, -0.25) is 0 Å². The lowest BCUT2D eigenvalue weighted by molar-refractivity contribution is 0.263. The molecule has 0 amide bonds. The van der Waals surface area contributed by atoms with Gasteiger partial charge in [0.05, 0.1) is 0 Å². The van der Waals surface area contributed by atoms with Crippen LogP contribution in [-0.4, -0.2) is 47.9 Å². The van der Waals surface area contributed by atoms with Gasteiger partial charge in [0.15, 0.2) is 0 Å². The minimum Gasteiger partial charge on any atom is -0.349 e. The van der Waals surface area contributed by atoms with Gasteiger partial charge in [0, 0.05) is 32.5 Å². The molecule has 13 heavy (non-hydrogen) atoms. The topological polar surface area (TPSA) is 9.72 Å². The number of hydrogen-bond donors (Lipinski definition) is 0. The second-order valence-corrected chi connectivity index (χ2v) is 3.23. The van der Waals surface area contributed by atoms with Crippen LogP contribution in [0.2, 0.25) is 0 Å². The summed E-state index contributed by atoms with van der Waals surface area (Å²) < 4.78 is 0. The van der Waals surface area contributed by atoms with Crippen LogP contribution in [0.5, 0.6) is 0 Å². The largest absolute Gasteiger partial charge is 0.349 e. The Hall–Kier alpha value is -0.700. The fraction of sp³-hybridized carbons (Fsp3) is 0.700. The van der Waals surface area contributed by atoms with Gasteiger partial charge in [-0.25, -0.2) is 0 Å². The van der Waals surface area contributed by atoms with E-state index in [1.165, 1.54) is 0 Å². The van der Waals surface area contributed by atoms with Gasteiger partial charge in [-0.05, 0) is 13.1 Å². The van der Waals surface area contributed by atoms with Crippen molar-refractivity contribution in [3.63, 3.8) is 0 Å². The zero-order chi connectivity index (χ0) is 9.68. The van der Waals surface area contributed by atoms with E-state index in [-0.39, 0.29) is 0 Å². The molecule has 1 aliphatic heterocycles. The molecule has 1 rings (SSSR count). The summed E-state index contributed by atoms with van der Waals surface area (Å²) >= 11 is 0. The Morgan fingerprint density at radius 2 is 1.92 bits per heavy atom. The lowest BCUT2D eigenvalue weighted by Gasteiger charge is -2.22. The van der Waals surface area contributed by atoms with E-state index in [1.54, 1.807) is 0 Å². The van der Waals surface area contributed by atoms with Crippen LogP contribution in [0.25, 0.3) is 0 Å². The fourth-order valence-electron chi connectivity index (χ4n) is 1.36. The highest BCUT2D eigenvalue weighted by Crippen LogP contribution is 2.07. The Morgan fingerprint density at radius 1 is 1.23 bits per heavy atom. The van der Waals surface area contributed by atoms with E-state index in [0.29, 0.717) is 0 Å². The Morgan fingerprint density at radius 3 is 2.38 bits per heavy atom.